The fourth-order valence-electron chi connectivity index (χ4n) is 1.89. The summed E-state index contributed by atoms with van der Waals surface area (Å²) in [5, 5.41) is 0. The molecule has 0 atom stereocenters. The molecule has 0 unspecified atom stereocenters. The SMILES string of the molecule is CCc1ccc(-c2ccccc2)c(C)c1. The first-order chi connectivity index (χ1) is 7.31. The number of rotatable bonds is 2. The minimum Gasteiger partial charge on any atom is -0.0622 e. The lowest BCUT2D eigenvalue weighted by atomic mass is 9.98. The molecule has 15 heavy (non-hydrogen) atoms. The van der Waals surface area contributed by atoms with Crippen LogP contribution in [0.2, 0.25) is 0 Å². The summed E-state index contributed by atoms with van der Waals surface area (Å²) in [6.07, 6.45) is 1.11. The molecule has 0 amide bonds. The summed E-state index contributed by atoms with van der Waals surface area (Å²) in [4.78, 5) is 0. The maximum Gasteiger partial charge on any atom is -0.0155 e. The molecule has 0 saturated carbocycles. The third kappa shape index (κ3) is 2.10. The number of aryl methyl sites for hydroxylation is 2. The molecule has 0 bridgehead atoms. The van der Waals surface area contributed by atoms with Crippen LogP contribution in [0.5, 0.6) is 0 Å². The van der Waals surface area contributed by atoms with Crippen molar-refractivity contribution in [3.05, 3.63) is 59.7 Å². The fraction of sp³-hybridized carbons (Fsp3) is 0.200. The third-order valence-electron chi connectivity index (χ3n) is 2.78. The molecule has 0 saturated heterocycles. The molecule has 0 radical (unpaired) electrons. The van der Waals surface area contributed by atoms with Gasteiger partial charge in [-0.05, 0) is 35.6 Å². The first-order valence-corrected chi connectivity index (χ1v) is 5.46. The highest BCUT2D eigenvalue weighted by Crippen LogP contribution is 2.23. The summed E-state index contributed by atoms with van der Waals surface area (Å²) in [5.74, 6) is 0. The van der Waals surface area contributed by atoms with E-state index in [1.165, 1.54) is 22.3 Å². The van der Waals surface area contributed by atoms with Crippen molar-refractivity contribution in [1.29, 1.82) is 0 Å². The van der Waals surface area contributed by atoms with Crippen LogP contribution in [-0.2, 0) is 6.42 Å². The Kier molecular flexibility index (Phi) is 2.86. The van der Waals surface area contributed by atoms with E-state index >= 15 is 0 Å². The highest BCUT2D eigenvalue weighted by Gasteiger charge is 2.01. The second-order valence-electron chi connectivity index (χ2n) is 3.87. The second-order valence-corrected chi connectivity index (χ2v) is 3.87. The average molecular weight is 196 g/mol. The molecule has 0 aliphatic heterocycles. The molecular formula is C15H16. The molecule has 2 rings (SSSR count). The lowest BCUT2D eigenvalue weighted by Crippen LogP contribution is -1.86. The predicted octanol–water partition coefficient (Wildman–Crippen LogP) is 4.22. The van der Waals surface area contributed by atoms with Gasteiger partial charge in [0.1, 0.15) is 0 Å². The van der Waals surface area contributed by atoms with Crippen molar-refractivity contribution in [3.63, 3.8) is 0 Å². The van der Waals surface area contributed by atoms with Crippen LogP contribution in [-0.4, -0.2) is 0 Å². The van der Waals surface area contributed by atoms with Crippen molar-refractivity contribution in [2.75, 3.05) is 0 Å². The van der Waals surface area contributed by atoms with Crippen LogP contribution in [0.25, 0.3) is 11.1 Å². The summed E-state index contributed by atoms with van der Waals surface area (Å²) < 4.78 is 0. The van der Waals surface area contributed by atoms with Crippen LogP contribution in [0.4, 0.5) is 0 Å². The van der Waals surface area contributed by atoms with Gasteiger partial charge in [0.05, 0.1) is 0 Å². The van der Waals surface area contributed by atoms with E-state index in [0.29, 0.717) is 0 Å². The maximum absolute atomic E-state index is 2.28. The highest BCUT2D eigenvalue weighted by atomic mass is 14.1. The van der Waals surface area contributed by atoms with Crippen molar-refractivity contribution in [3.8, 4) is 11.1 Å². The van der Waals surface area contributed by atoms with Gasteiger partial charge < -0.3 is 0 Å². The Hall–Kier alpha value is -1.56. The Morgan fingerprint density at radius 1 is 0.933 bits per heavy atom. The van der Waals surface area contributed by atoms with Crippen molar-refractivity contribution >= 4 is 0 Å². The molecule has 0 spiro atoms. The third-order valence-corrected chi connectivity index (χ3v) is 2.78. The van der Waals surface area contributed by atoms with Gasteiger partial charge in [-0.2, -0.15) is 0 Å². The van der Waals surface area contributed by atoms with Gasteiger partial charge >= 0.3 is 0 Å². The monoisotopic (exact) mass is 196 g/mol. The van der Waals surface area contributed by atoms with E-state index in [1.807, 2.05) is 0 Å². The molecule has 0 heteroatoms. The van der Waals surface area contributed by atoms with E-state index in [0.717, 1.165) is 6.42 Å². The summed E-state index contributed by atoms with van der Waals surface area (Å²) >= 11 is 0. The molecule has 0 aliphatic rings. The van der Waals surface area contributed by atoms with Gasteiger partial charge in [-0.1, -0.05) is 55.5 Å². The smallest absolute Gasteiger partial charge is 0.0155 e. The molecule has 76 valence electrons. The Bertz CT molecular complexity index is 441. The van der Waals surface area contributed by atoms with Crippen LogP contribution in [0.3, 0.4) is 0 Å². The first kappa shape index (κ1) is 9.97. The minimum atomic E-state index is 1.11. The minimum absolute atomic E-state index is 1.11. The molecule has 2 aromatic rings. The van der Waals surface area contributed by atoms with Crippen molar-refractivity contribution < 1.29 is 0 Å². The molecule has 0 fully saturated rings. The van der Waals surface area contributed by atoms with Gasteiger partial charge in [0.15, 0.2) is 0 Å². The van der Waals surface area contributed by atoms with Crippen LogP contribution in [0.1, 0.15) is 18.1 Å². The average Bonchev–Trinajstić information content (AvgIpc) is 2.30. The number of benzene rings is 2. The van der Waals surface area contributed by atoms with E-state index in [2.05, 4.69) is 62.4 Å². The van der Waals surface area contributed by atoms with Crippen LogP contribution in [0, 0.1) is 6.92 Å². The zero-order valence-corrected chi connectivity index (χ0v) is 9.33. The largest absolute Gasteiger partial charge is 0.0622 e. The normalized spacial score (nSPS) is 10.3. The van der Waals surface area contributed by atoms with Gasteiger partial charge in [-0.3, -0.25) is 0 Å². The fourth-order valence-corrected chi connectivity index (χ4v) is 1.89. The number of hydrogen-bond donors (Lipinski definition) is 0. The lowest BCUT2D eigenvalue weighted by Gasteiger charge is -2.07. The van der Waals surface area contributed by atoms with E-state index in [-0.39, 0.29) is 0 Å². The quantitative estimate of drug-likeness (QED) is 0.674. The molecule has 0 heterocycles. The number of hydrogen-bond acceptors (Lipinski definition) is 0. The topological polar surface area (TPSA) is 0 Å². The molecule has 2 aromatic carbocycles. The second kappa shape index (κ2) is 4.31. The van der Waals surface area contributed by atoms with E-state index in [9.17, 15) is 0 Å². The van der Waals surface area contributed by atoms with Gasteiger partial charge in [0.2, 0.25) is 0 Å². The van der Waals surface area contributed by atoms with Gasteiger partial charge in [-0.25, -0.2) is 0 Å². The Morgan fingerprint density at radius 2 is 1.67 bits per heavy atom. The maximum atomic E-state index is 2.28. The van der Waals surface area contributed by atoms with Gasteiger partial charge in [0, 0.05) is 0 Å². The zero-order chi connectivity index (χ0) is 10.7. The lowest BCUT2D eigenvalue weighted by molar-refractivity contribution is 1.13. The Balaban J connectivity index is 2.46. The Morgan fingerprint density at radius 3 is 2.27 bits per heavy atom. The van der Waals surface area contributed by atoms with Crippen LogP contribution in [0.15, 0.2) is 48.5 Å². The molecule has 0 aromatic heterocycles. The molecule has 0 aliphatic carbocycles. The van der Waals surface area contributed by atoms with Gasteiger partial charge in [0.25, 0.3) is 0 Å². The van der Waals surface area contributed by atoms with Crippen molar-refractivity contribution in [1.82, 2.24) is 0 Å². The van der Waals surface area contributed by atoms with Crippen LogP contribution < -0.4 is 0 Å². The van der Waals surface area contributed by atoms with E-state index in [1.54, 1.807) is 0 Å². The summed E-state index contributed by atoms with van der Waals surface area (Å²) in [7, 11) is 0. The first-order valence-electron chi connectivity index (χ1n) is 5.46. The summed E-state index contributed by atoms with van der Waals surface area (Å²) in [6.45, 7) is 4.37. The molecule has 0 N–H and O–H groups in total. The highest BCUT2D eigenvalue weighted by molar-refractivity contribution is 5.67. The zero-order valence-electron chi connectivity index (χ0n) is 9.33. The van der Waals surface area contributed by atoms with E-state index in [4.69, 9.17) is 0 Å². The van der Waals surface area contributed by atoms with Crippen LogP contribution >= 0.6 is 0 Å². The van der Waals surface area contributed by atoms with Crippen molar-refractivity contribution in [2.45, 2.75) is 20.3 Å². The Labute approximate surface area is 91.6 Å². The summed E-state index contributed by atoms with van der Waals surface area (Å²) in [5.41, 5.74) is 5.41. The van der Waals surface area contributed by atoms with E-state index < -0.39 is 0 Å². The molecule has 0 nitrogen and oxygen atoms in total. The van der Waals surface area contributed by atoms with Crippen molar-refractivity contribution in [2.24, 2.45) is 0 Å². The standard InChI is InChI=1S/C15H16/c1-3-13-9-10-15(12(2)11-13)14-7-5-4-6-8-14/h4-11H,3H2,1-2H3. The predicted molar refractivity (Wildman–Crippen MR) is 66.0 cm³/mol. The summed E-state index contributed by atoms with van der Waals surface area (Å²) in [6, 6.07) is 17.3. The van der Waals surface area contributed by atoms with Gasteiger partial charge in [-0.15, -0.1) is 0 Å². The molecular weight excluding hydrogens is 180 g/mol.